The second-order valence-corrected chi connectivity index (χ2v) is 7.57. The van der Waals surface area contributed by atoms with E-state index in [1.165, 1.54) is 10.7 Å². The van der Waals surface area contributed by atoms with Crippen LogP contribution in [0.4, 0.5) is 0 Å². The maximum Gasteiger partial charge on any atom is 0.547 e. The largest absolute Gasteiger partial charge is 0.547 e. The molecule has 1 aliphatic heterocycles. The van der Waals surface area contributed by atoms with Crippen LogP contribution in [0.3, 0.4) is 0 Å². The van der Waals surface area contributed by atoms with E-state index in [9.17, 15) is 19.7 Å². The van der Waals surface area contributed by atoms with Gasteiger partial charge < -0.3 is 31.2 Å². The van der Waals surface area contributed by atoms with Crippen molar-refractivity contribution in [2.24, 2.45) is 5.73 Å². The summed E-state index contributed by atoms with van der Waals surface area (Å²) in [6, 6.07) is 4.71. The second-order valence-electron chi connectivity index (χ2n) is 7.57. The number of rotatable bonds is 8. The van der Waals surface area contributed by atoms with E-state index in [4.69, 9.17) is 10.4 Å². The van der Waals surface area contributed by atoms with Gasteiger partial charge in [0.1, 0.15) is 11.3 Å². The van der Waals surface area contributed by atoms with Crippen LogP contribution in [0, 0.1) is 0 Å². The third kappa shape index (κ3) is 4.45. The van der Waals surface area contributed by atoms with Gasteiger partial charge in [0.05, 0.1) is 23.4 Å². The number of nitrogens with zero attached hydrogens (tertiary/aromatic N) is 3. The van der Waals surface area contributed by atoms with Crippen LogP contribution in [-0.2, 0) is 23.3 Å². The normalized spacial score (nSPS) is 16.0. The van der Waals surface area contributed by atoms with Crippen molar-refractivity contribution in [3.8, 4) is 5.75 Å². The molecule has 1 aromatic heterocycles. The third-order valence-corrected chi connectivity index (χ3v) is 4.96. The number of hydrogen-bond donors (Lipinski definition) is 5. The predicted molar refractivity (Wildman–Crippen MR) is 108 cm³/mol. The average Bonchev–Trinajstić information content (AvgIpc) is 3.18. The first kappa shape index (κ1) is 21.7. The van der Waals surface area contributed by atoms with Gasteiger partial charge in [-0.1, -0.05) is 17.3 Å². The number of hydrogen-bond acceptors (Lipinski definition) is 8. The van der Waals surface area contributed by atoms with E-state index >= 15 is 0 Å². The molecule has 3 rings (SSSR count). The van der Waals surface area contributed by atoms with Crippen molar-refractivity contribution < 1.29 is 24.4 Å². The molecule has 2 aromatic rings. The first-order valence-corrected chi connectivity index (χ1v) is 9.57. The maximum atomic E-state index is 12.9. The lowest BCUT2D eigenvalue weighted by Gasteiger charge is -2.31. The van der Waals surface area contributed by atoms with E-state index in [2.05, 4.69) is 20.9 Å². The lowest BCUT2D eigenvalue weighted by molar-refractivity contribution is -0.129. The van der Waals surface area contributed by atoms with Crippen molar-refractivity contribution in [2.45, 2.75) is 38.3 Å². The second kappa shape index (κ2) is 8.82. The molecule has 0 spiro atoms. The van der Waals surface area contributed by atoms with Crippen molar-refractivity contribution in [2.75, 3.05) is 13.1 Å². The fraction of sp³-hybridized carbons (Fsp3) is 0.444. The van der Waals surface area contributed by atoms with Crippen LogP contribution in [0.2, 0.25) is 0 Å². The van der Waals surface area contributed by atoms with Crippen molar-refractivity contribution >= 4 is 19.0 Å². The first-order chi connectivity index (χ1) is 14.2. The van der Waals surface area contributed by atoms with E-state index < -0.39 is 24.6 Å². The number of benzene rings is 1. The molecule has 1 atom stereocenters. The molecule has 0 saturated carbocycles. The van der Waals surface area contributed by atoms with Crippen LogP contribution < -0.4 is 21.0 Å². The number of aromatic nitrogens is 3. The Balaban J connectivity index is 1.71. The molecule has 30 heavy (non-hydrogen) atoms. The van der Waals surface area contributed by atoms with Gasteiger partial charge in [0.2, 0.25) is 5.91 Å². The molecule has 1 aromatic carbocycles. The molecular formula is C18H25BN6O5. The maximum absolute atomic E-state index is 12.9. The zero-order valence-corrected chi connectivity index (χ0v) is 16.8. The highest BCUT2D eigenvalue weighted by Gasteiger charge is 2.41. The summed E-state index contributed by atoms with van der Waals surface area (Å²) >= 11 is 0. The standard InChI is InChI=1S/C18H25BN6O5/c1-18(2,25-10-12(23-24-25)9-21-7-6-20)17(28)22-14-8-11-4-3-5-13(16(26)27)15(11)30-19(14)29/h3-5,10,14,21,29H,6-9,20H2,1-2H3,(H,22,28)(H,26,27). The molecule has 0 radical (unpaired) electrons. The molecule has 6 N–H and O–H groups in total. The quantitative estimate of drug-likeness (QED) is 0.265. The number of para-hydroxylation sites is 1. The Hall–Kier alpha value is -2.96. The van der Waals surface area contributed by atoms with E-state index in [0.29, 0.717) is 30.9 Å². The summed E-state index contributed by atoms with van der Waals surface area (Å²) in [6.07, 6.45) is 1.90. The molecular weight excluding hydrogens is 391 g/mol. The molecule has 0 fully saturated rings. The monoisotopic (exact) mass is 416 g/mol. The summed E-state index contributed by atoms with van der Waals surface area (Å²) in [4.78, 5) is 24.3. The molecule has 0 bridgehead atoms. The number of nitrogens with two attached hydrogens (primary N) is 1. The number of carboxylic acids is 1. The summed E-state index contributed by atoms with van der Waals surface area (Å²) in [5.41, 5.74) is 5.59. The van der Waals surface area contributed by atoms with E-state index in [0.717, 1.165) is 0 Å². The number of carbonyl (C=O) groups excluding carboxylic acids is 1. The molecule has 1 unspecified atom stereocenters. The summed E-state index contributed by atoms with van der Waals surface area (Å²) < 4.78 is 6.87. The highest BCUT2D eigenvalue weighted by molar-refractivity contribution is 6.47. The number of carboxylic acid groups (broad SMARTS) is 1. The van der Waals surface area contributed by atoms with Crippen LogP contribution >= 0.6 is 0 Å². The zero-order valence-electron chi connectivity index (χ0n) is 16.8. The van der Waals surface area contributed by atoms with Crippen molar-refractivity contribution in [3.63, 3.8) is 0 Å². The molecule has 160 valence electrons. The van der Waals surface area contributed by atoms with Gasteiger partial charge in [0, 0.05) is 19.6 Å². The van der Waals surface area contributed by atoms with Crippen LogP contribution in [-0.4, -0.2) is 63.2 Å². The predicted octanol–water partition coefficient (Wildman–Crippen LogP) is -1.10. The highest BCUT2D eigenvalue weighted by atomic mass is 16.5. The Bertz CT molecular complexity index is 934. The van der Waals surface area contributed by atoms with Crippen LogP contribution in [0.1, 0.15) is 35.5 Å². The number of nitrogens with one attached hydrogen (secondary N) is 2. The van der Waals surface area contributed by atoms with Gasteiger partial charge in [-0.25, -0.2) is 9.48 Å². The topological polar surface area (TPSA) is 165 Å². The van der Waals surface area contributed by atoms with Crippen LogP contribution in [0.25, 0.3) is 0 Å². The van der Waals surface area contributed by atoms with Gasteiger partial charge in [-0.3, -0.25) is 4.79 Å². The van der Waals surface area contributed by atoms with Gasteiger partial charge in [-0.2, -0.15) is 0 Å². The van der Waals surface area contributed by atoms with Crippen molar-refractivity contribution in [1.29, 1.82) is 0 Å². The minimum atomic E-state index is -1.38. The zero-order chi connectivity index (χ0) is 21.9. The molecule has 1 aliphatic rings. The first-order valence-electron chi connectivity index (χ1n) is 9.57. The lowest BCUT2D eigenvalue weighted by atomic mass is 9.72. The number of fused-ring (bicyclic) bond motifs is 1. The molecule has 0 saturated heterocycles. The summed E-state index contributed by atoms with van der Waals surface area (Å²) in [6.45, 7) is 4.99. The van der Waals surface area contributed by atoms with Gasteiger partial charge in [-0.15, -0.1) is 5.10 Å². The molecule has 12 heteroatoms. The third-order valence-electron chi connectivity index (χ3n) is 4.96. The van der Waals surface area contributed by atoms with Gasteiger partial charge >= 0.3 is 13.1 Å². The van der Waals surface area contributed by atoms with Crippen molar-refractivity contribution in [3.05, 3.63) is 41.2 Å². The Morgan fingerprint density at radius 1 is 1.43 bits per heavy atom. The Morgan fingerprint density at radius 3 is 2.90 bits per heavy atom. The lowest BCUT2D eigenvalue weighted by Crippen LogP contribution is -2.57. The Labute approximate surface area is 173 Å². The number of carbonyl (C=O) groups is 2. The SMILES string of the molecule is CC(C)(C(=O)NC1Cc2cccc(C(=O)O)c2OB1O)n1cc(CNCCN)nn1. The smallest absolute Gasteiger partial charge is 0.534 e. The van der Waals surface area contributed by atoms with Gasteiger partial charge in [0.25, 0.3) is 0 Å². The Morgan fingerprint density at radius 2 is 2.20 bits per heavy atom. The summed E-state index contributed by atoms with van der Waals surface area (Å²) in [5, 5.41) is 33.6. The minimum absolute atomic E-state index is 0.0324. The summed E-state index contributed by atoms with van der Waals surface area (Å²) in [5.74, 6) is -2.17. The molecule has 11 nitrogen and oxygen atoms in total. The highest BCUT2D eigenvalue weighted by Crippen LogP contribution is 2.30. The van der Waals surface area contributed by atoms with Crippen LogP contribution in [0.15, 0.2) is 24.4 Å². The van der Waals surface area contributed by atoms with E-state index in [-0.39, 0.29) is 23.6 Å². The van der Waals surface area contributed by atoms with Crippen LogP contribution in [0.5, 0.6) is 5.75 Å². The van der Waals surface area contributed by atoms with Gasteiger partial charge in [-0.05, 0) is 31.9 Å². The fourth-order valence-electron chi connectivity index (χ4n) is 3.14. The number of aromatic carboxylic acids is 1. The fourth-order valence-corrected chi connectivity index (χ4v) is 3.14. The summed E-state index contributed by atoms with van der Waals surface area (Å²) in [7, 11) is -1.38. The molecule has 2 heterocycles. The molecule has 1 amide bonds. The average molecular weight is 416 g/mol. The van der Waals surface area contributed by atoms with Crippen molar-refractivity contribution in [1.82, 2.24) is 25.6 Å². The number of amides is 1. The minimum Gasteiger partial charge on any atom is -0.534 e. The van der Waals surface area contributed by atoms with E-state index in [1.54, 1.807) is 32.2 Å². The Kier molecular flexibility index (Phi) is 6.39. The van der Waals surface area contributed by atoms with Gasteiger partial charge in [0.15, 0.2) is 0 Å². The molecule has 0 aliphatic carbocycles. The van der Waals surface area contributed by atoms with E-state index in [1.807, 2.05) is 0 Å².